The number of amides is 2. The van der Waals surface area contributed by atoms with E-state index in [-0.39, 0.29) is 30.8 Å². The molecule has 2 aliphatic rings. The van der Waals surface area contributed by atoms with Crippen LogP contribution in [-0.2, 0) is 4.79 Å². The van der Waals surface area contributed by atoms with Crippen LogP contribution in [-0.4, -0.2) is 60.7 Å². The molecule has 1 saturated heterocycles. The van der Waals surface area contributed by atoms with Crippen molar-refractivity contribution in [3.63, 3.8) is 0 Å². The van der Waals surface area contributed by atoms with Crippen LogP contribution >= 0.6 is 12.4 Å². The van der Waals surface area contributed by atoms with E-state index >= 15 is 0 Å². The second-order valence-electron chi connectivity index (χ2n) is 5.69. The van der Waals surface area contributed by atoms with Gasteiger partial charge < -0.3 is 25.4 Å². The fourth-order valence-electron chi connectivity index (χ4n) is 2.76. The van der Waals surface area contributed by atoms with Gasteiger partial charge in [-0.2, -0.15) is 0 Å². The van der Waals surface area contributed by atoms with Gasteiger partial charge in [-0.1, -0.05) is 0 Å². The van der Waals surface area contributed by atoms with Crippen molar-refractivity contribution in [2.45, 2.75) is 18.6 Å². The lowest BCUT2D eigenvalue weighted by molar-refractivity contribution is -0.119. The van der Waals surface area contributed by atoms with Crippen molar-refractivity contribution < 1.29 is 19.4 Å². The average Bonchev–Trinajstić information content (AvgIpc) is 2.92. The van der Waals surface area contributed by atoms with Crippen molar-refractivity contribution in [2.24, 2.45) is 5.73 Å². The highest BCUT2D eigenvalue weighted by Gasteiger charge is 2.29. The van der Waals surface area contributed by atoms with Crippen LogP contribution in [0.2, 0.25) is 0 Å². The molecule has 2 aliphatic heterocycles. The molecule has 1 fully saturated rings. The standard InChI is InChI=1S/C15H19N3O4.ClH/c1-17-12-6-9(14(20)18-5-4-10(19)7-18)2-3-13(12)22-8-11(16)15(17)21;/h2-3,6,10-11,19H,4-5,7-8,16H2,1H3;1H/t10?,11-;/m0./s1. The van der Waals surface area contributed by atoms with Crippen molar-refractivity contribution in [3.05, 3.63) is 23.8 Å². The molecule has 3 rings (SSSR count). The van der Waals surface area contributed by atoms with E-state index < -0.39 is 12.1 Å². The Bertz CT molecular complexity index is 625. The maximum absolute atomic E-state index is 12.5. The molecule has 0 spiro atoms. The molecule has 2 atom stereocenters. The number of nitrogens with two attached hydrogens (primary N) is 1. The van der Waals surface area contributed by atoms with Gasteiger partial charge in [0.25, 0.3) is 5.91 Å². The van der Waals surface area contributed by atoms with E-state index in [1.54, 1.807) is 30.1 Å². The number of anilines is 1. The summed E-state index contributed by atoms with van der Waals surface area (Å²) in [4.78, 5) is 27.6. The third-order valence-electron chi connectivity index (χ3n) is 4.08. The zero-order valence-electron chi connectivity index (χ0n) is 12.8. The monoisotopic (exact) mass is 341 g/mol. The van der Waals surface area contributed by atoms with E-state index in [9.17, 15) is 14.7 Å². The molecular formula is C15H20ClN3O4. The Balaban J connectivity index is 0.00000192. The summed E-state index contributed by atoms with van der Waals surface area (Å²) in [6, 6.07) is 4.27. The summed E-state index contributed by atoms with van der Waals surface area (Å²) < 4.78 is 5.53. The number of hydrogen-bond acceptors (Lipinski definition) is 5. The molecule has 2 heterocycles. The highest BCUT2D eigenvalue weighted by molar-refractivity contribution is 6.01. The number of aliphatic hydroxyl groups excluding tert-OH is 1. The molecule has 3 N–H and O–H groups in total. The highest BCUT2D eigenvalue weighted by Crippen LogP contribution is 2.32. The Labute approximate surface area is 140 Å². The number of benzene rings is 1. The van der Waals surface area contributed by atoms with E-state index in [0.717, 1.165) is 0 Å². The summed E-state index contributed by atoms with van der Waals surface area (Å²) in [6.07, 6.45) is 0.128. The Morgan fingerprint density at radius 3 is 2.83 bits per heavy atom. The number of aliphatic hydroxyl groups is 1. The smallest absolute Gasteiger partial charge is 0.254 e. The summed E-state index contributed by atoms with van der Waals surface area (Å²) in [7, 11) is 1.61. The molecule has 23 heavy (non-hydrogen) atoms. The first-order valence-electron chi connectivity index (χ1n) is 7.24. The first kappa shape index (κ1) is 17.5. The van der Waals surface area contributed by atoms with Gasteiger partial charge >= 0.3 is 0 Å². The topological polar surface area (TPSA) is 96.1 Å². The molecule has 0 radical (unpaired) electrons. The number of likely N-dealkylation sites (N-methyl/N-ethyl adjacent to an activating group) is 1. The van der Waals surface area contributed by atoms with Crippen molar-refractivity contribution in [1.29, 1.82) is 0 Å². The van der Waals surface area contributed by atoms with E-state index in [2.05, 4.69) is 0 Å². The molecule has 0 aromatic heterocycles. The van der Waals surface area contributed by atoms with Gasteiger partial charge in [0.05, 0.1) is 11.8 Å². The second kappa shape index (κ2) is 6.74. The van der Waals surface area contributed by atoms with Crippen molar-refractivity contribution in [1.82, 2.24) is 4.90 Å². The molecule has 1 aromatic carbocycles. The fraction of sp³-hybridized carbons (Fsp3) is 0.467. The lowest BCUT2D eigenvalue weighted by atomic mass is 10.1. The first-order chi connectivity index (χ1) is 10.5. The number of halogens is 1. The van der Waals surface area contributed by atoms with Crippen LogP contribution in [0.3, 0.4) is 0 Å². The zero-order valence-corrected chi connectivity index (χ0v) is 13.6. The van der Waals surface area contributed by atoms with Crippen LogP contribution in [0.15, 0.2) is 18.2 Å². The van der Waals surface area contributed by atoms with E-state index in [0.29, 0.717) is 36.5 Å². The van der Waals surface area contributed by atoms with Crippen LogP contribution in [0.5, 0.6) is 5.75 Å². The van der Waals surface area contributed by atoms with Gasteiger partial charge in [-0.15, -0.1) is 12.4 Å². The molecule has 0 aliphatic carbocycles. The Morgan fingerprint density at radius 2 is 2.17 bits per heavy atom. The number of carbonyl (C=O) groups excluding carboxylic acids is 2. The Kier molecular flexibility index (Phi) is 5.13. The molecule has 7 nitrogen and oxygen atoms in total. The minimum absolute atomic E-state index is 0. The number of nitrogens with zero attached hydrogens (tertiary/aromatic N) is 2. The zero-order chi connectivity index (χ0) is 15.9. The van der Waals surface area contributed by atoms with Crippen LogP contribution in [0.25, 0.3) is 0 Å². The predicted octanol–water partition coefficient (Wildman–Crippen LogP) is -0.00230. The molecule has 0 saturated carbocycles. The number of hydrogen-bond donors (Lipinski definition) is 2. The number of rotatable bonds is 1. The normalized spacial score (nSPS) is 23.7. The molecule has 0 bridgehead atoms. The minimum Gasteiger partial charge on any atom is -0.489 e. The Hall–Kier alpha value is -1.83. The number of ether oxygens (including phenoxy) is 1. The summed E-state index contributed by atoms with van der Waals surface area (Å²) >= 11 is 0. The van der Waals surface area contributed by atoms with Gasteiger partial charge in [-0.25, -0.2) is 0 Å². The SMILES string of the molecule is CN1C(=O)[C@@H](N)COc2ccc(C(=O)N3CCC(O)C3)cc21.Cl. The van der Waals surface area contributed by atoms with Gasteiger partial charge in [-0.3, -0.25) is 9.59 Å². The number of β-amino-alcohol motifs (C(OH)–C–C–N with tert-alkyl or cyclic N) is 1. The van der Waals surface area contributed by atoms with Crippen molar-refractivity contribution in [3.8, 4) is 5.75 Å². The lowest BCUT2D eigenvalue weighted by Gasteiger charge is -2.20. The van der Waals surface area contributed by atoms with Crippen LogP contribution in [0.1, 0.15) is 16.8 Å². The molecule has 1 aromatic rings. The van der Waals surface area contributed by atoms with Crippen LogP contribution in [0, 0.1) is 0 Å². The summed E-state index contributed by atoms with van der Waals surface area (Å²) in [5.74, 6) is 0.121. The van der Waals surface area contributed by atoms with Gasteiger partial charge in [-0.05, 0) is 24.6 Å². The van der Waals surface area contributed by atoms with E-state index in [4.69, 9.17) is 10.5 Å². The van der Waals surface area contributed by atoms with Gasteiger partial charge in [0.2, 0.25) is 5.91 Å². The molecular weight excluding hydrogens is 322 g/mol. The third-order valence-corrected chi connectivity index (χ3v) is 4.08. The number of carbonyl (C=O) groups is 2. The van der Waals surface area contributed by atoms with E-state index in [1.165, 1.54) is 4.90 Å². The average molecular weight is 342 g/mol. The number of likely N-dealkylation sites (tertiary alicyclic amines) is 1. The maximum atomic E-state index is 12.5. The Morgan fingerprint density at radius 1 is 1.43 bits per heavy atom. The molecule has 8 heteroatoms. The second-order valence-corrected chi connectivity index (χ2v) is 5.69. The summed E-state index contributed by atoms with van der Waals surface area (Å²) in [5.41, 5.74) is 6.74. The number of fused-ring (bicyclic) bond motifs is 1. The van der Waals surface area contributed by atoms with Gasteiger partial charge in [0.1, 0.15) is 18.4 Å². The summed E-state index contributed by atoms with van der Waals surface area (Å²) in [5, 5.41) is 9.55. The fourth-order valence-corrected chi connectivity index (χ4v) is 2.76. The highest BCUT2D eigenvalue weighted by atomic mass is 35.5. The summed E-state index contributed by atoms with van der Waals surface area (Å²) in [6.45, 7) is 0.987. The quantitative estimate of drug-likeness (QED) is 0.749. The molecule has 2 amide bonds. The van der Waals surface area contributed by atoms with Crippen LogP contribution < -0.4 is 15.4 Å². The maximum Gasteiger partial charge on any atom is 0.254 e. The minimum atomic E-state index is -0.717. The van der Waals surface area contributed by atoms with Crippen molar-refractivity contribution >= 4 is 29.9 Å². The van der Waals surface area contributed by atoms with Crippen LogP contribution in [0.4, 0.5) is 5.69 Å². The van der Waals surface area contributed by atoms with E-state index in [1.807, 2.05) is 0 Å². The van der Waals surface area contributed by atoms with Gasteiger partial charge in [0.15, 0.2) is 0 Å². The third kappa shape index (κ3) is 3.26. The lowest BCUT2D eigenvalue weighted by Crippen LogP contribution is -2.43. The molecule has 126 valence electrons. The first-order valence-corrected chi connectivity index (χ1v) is 7.24. The molecule has 1 unspecified atom stereocenters. The van der Waals surface area contributed by atoms with Crippen molar-refractivity contribution in [2.75, 3.05) is 31.6 Å². The van der Waals surface area contributed by atoms with Gasteiger partial charge in [0, 0.05) is 25.7 Å². The largest absolute Gasteiger partial charge is 0.489 e. The predicted molar refractivity (Wildman–Crippen MR) is 87.1 cm³/mol.